The van der Waals surface area contributed by atoms with E-state index in [9.17, 15) is 19.5 Å². The Labute approximate surface area is 154 Å². The smallest absolute Gasteiger partial charge is 0.408 e. The van der Waals surface area contributed by atoms with Crippen LogP contribution in [0.5, 0.6) is 0 Å². The van der Waals surface area contributed by atoms with Gasteiger partial charge in [-0.3, -0.25) is 4.79 Å². The van der Waals surface area contributed by atoms with Crippen molar-refractivity contribution in [2.24, 2.45) is 17.8 Å². The zero-order valence-electron chi connectivity index (χ0n) is 15.9. The van der Waals surface area contributed by atoms with E-state index in [0.717, 1.165) is 32.1 Å². The number of rotatable bonds is 5. The minimum absolute atomic E-state index is 0.0413. The molecule has 26 heavy (non-hydrogen) atoms. The van der Waals surface area contributed by atoms with E-state index in [2.05, 4.69) is 5.32 Å². The molecule has 4 atom stereocenters. The third kappa shape index (κ3) is 4.30. The second-order valence-corrected chi connectivity index (χ2v) is 9.01. The molecular formula is C19H30N2O5. The summed E-state index contributed by atoms with van der Waals surface area (Å²) in [6.07, 6.45) is 4.89. The number of hydrogen-bond acceptors (Lipinski definition) is 4. The van der Waals surface area contributed by atoms with Crippen LogP contribution in [0.3, 0.4) is 0 Å². The first-order chi connectivity index (χ1) is 12.2. The molecule has 146 valence electrons. The van der Waals surface area contributed by atoms with E-state index in [1.165, 1.54) is 4.90 Å². The van der Waals surface area contributed by atoms with E-state index in [0.29, 0.717) is 18.9 Å². The number of carbonyl (C=O) groups excluding carboxylic acids is 2. The standard InChI is InChI=1S/C19H30N2O5/c1-19(2,3)26-18(25)20-14(9-11-7-8-11)16(22)21-10-12-5-4-6-13(12)15(21)17(23)24/h11-15H,4-10H2,1-3H3,(H,20,25)(H,23,24)/t12-,13-,14?,15-/m0/s1. The Hall–Kier alpha value is -1.79. The summed E-state index contributed by atoms with van der Waals surface area (Å²) in [7, 11) is 0. The Morgan fingerprint density at radius 2 is 1.88 bits per heavy atom. The molecule has 3 fully saturated rings. The van der Waals surface area contributed by atoms with Gasteiger partial charge in [-0.25, -0.2) is 9.59 Å². The normalized spacial score (nSPS) is 29.2. The molecule has 2 N–H and O–H groups in total. The Kier molecular flexibility index (Phi) is 5.17. The van der Waals surface area contributed by atoms with Crippen molar-refractivity contribution >= 4 is 18.0 Å². The lowest BCUT2D eigenvalue weighted by Crippen LogP contribution is -2.53. The predicted molar refractivity (Wildman–Crippen MR) is 94.5 cm³/mol. The zero-order chi connectivity index (χ0) is 19.1. The largest absolute Gasteiger partial charge is 0.480 e. The minimum atomic E-state index is -0.935. The second-order valence-electron chi connectivity index (χ2n) is 9.01. The van der Waals surface area contributed by atoms with Crippen LogP contribution in [0.4, 0.5) is 4.79 Å². The van der Waals surface area contributed by atoms with Gasteiger partial charge in [0.25, 0.3) is 0 Å². The van der Waals surface area contributed by atoms with E-state index in [4.69, 9.17) is 4.74 Å². The summed E-state index contributed by atoms with van der Waals surface area (Å²) in [4.78, 5) is 38.7. The van der Waals surface area contributed by atoms with Crippen LogP contribution in [0.2, 0.25) is 0 Å². The summed E-state index contributed by atoms with van der Waals surface area (Å²) in [5, 5.41) is 12.4. The van der Waals surface area contributed by atoms with Crippen molar-refractivity contribution in [3.8, 4) is 0 Å². The zero-order valence-corrected chi connectivity index (χ0v) is 15.9. The van der Waals surface area contributed by atoms with Gasteiger partial charge in [0, 0.05) is 6.54 Å². The Morgan fingerprint density at radius 3 is 2.46 bits per heavy atom. The SMILES string of the molecule is CC(C)(C)OC(=O)NC(CC1CC1)C(=O)N1C[C@@H]2CCC[C@@H]2[C@H]1C(=O)O. The highest BCUT2D eigenvalue weighted by Gasteiger charge is 2.51. The third-order valence-corrected chi connectivity index (χ3v) is 5.68. The Bertz CT molecular complexity index is 581. The van der Waals surface area contributed by atoms with Crippen LogP contribution >= 0.6 is 0 Å². The van der Waals surface area contributed by atoms with Gasteiger partial charge < -0.3 is 20.1 Å². The molecule has 0 spiro atoms. The maximum Gasteiger partial charge on any atom is 0.408 e. The van der Waals surface area contributed by atoms with Gasteiger partial charge in [0.05, 0.1) is 0 Å². The number of alkyl carbamates (subject to hydrolysis) is 1. The van der Waals surface area contributed by atoms with E-state index >= 15 is 0 Å². The summed E-state index contributed by atoms with van der Waals surface area (Å²) < 4.78 is 5.29. The second kappa shape index (κ2) is 7.08. The Balaban J connectivity index is 1.72. The molecule has 2 aliphatic carbocycles. The third-order valence-electron chi connectivity index (χ3n) is 5.68. The van der Waals surface area contributed by atoms with Crippen molar-refractivity contribution in [1.82, 2.24) is 10.2 Å². The molecule has 1 saturated heterocycles. The number of hydrogen-bond donors (Lipinski definition) is 2. The van der Waals surface area contributed by atoms with E-state index in [1.54, 1.807) is 20.8 Å². The summed E-state index contributed by atoms with van der Waals surface area (Å²) in [5.74, 6) is -0.480. The average molecular weight is 366 g/mol. The number of likely N-dealkylation sites (tertiary alicyclic amines) is 1. The highest BCUT2D eigenvalue weighted by Crippen LogP contribution is 2.43. The minimum Gasteiger partial charge on any atom is -0.480 e. The monoisotopic (exact) mass is 366 g/mol. The number of nitrogens with zero attached hydrogens (tertiary/aromatic N) is 1. The molecule has 3 aliphatic rings. The van der Waals surface area contributed by atoms with Crippen LogP contribution in [-0.4, -0.2) is 52.2 Å². The fourth-order valence-electron chi connectivity index (χ4n) is 4.41. The number of fused-ring (bicyclic) bond motifs is 1. The molecular weight excluding hydrogens is 336 g/mol. The van der Waals surface area contributed by atoms with Crippen molar-refractivity contribution in [3.63, 3.8) is 0 Å². The highest BCUT2D eigenvalue weighted by molar-refractivity contribution is 5.90. The van der Waals surface area contributed by atoms with Crippen LogP contribution in [0.25, 0.3) is 0 Å². The number of aliphatic carboxylic acids is 1. The summed E-state index contributed by atoms with van der Waals surface area (Å²) >= 11 is 0. The lowest BCUT2D eigenvalue weighted by atomic mass is 9.94. The number of carbonyl (C=O) groups is 3. The van der Waals surface area contributed by atoms with Gasteiger partial charge in [-0.05, 0) is 57.8 Å². The molecule has 0 aromatic rings. The fourth-order valence-corrected chi connectivity index (χ4v) is 4.41. The highest BCUT2D eigenvalue weighted by atomic mass is 16.6. The molecule has 2 saturated carbocycles. The number of ether oxygens (including phenoxy) is 1. The molecule has 1 aliphatic heterocycles. The number of carboxylic acid groups (broad SMARTS) is 1. The van der Waals surface area contributed by atoms with Crippen molar-refractivity contribution in [3.05, 3.63) is 0 Å². The number of amides is 2. The van der Waals surface area contributed by atoms with E-state index < -0.39 is 29.7 Å². The van der Waals surface area contributed by atoms with Crippen molar-refractivity contribution in [1.29, 1.82) is 0 Å². The topological polar surface area (TPSA) is 95.9 Å². The number of carboxylic acids is 1. The average Bonchev–Trinajstić information content (AvgIpc) is 3.06. The molecule has 3 rings (SSSR count). The first-order valence-electron chi connectivity index (χ1n) is 9.68. The molecule has 1 unspecified atom stereocenters. The van der Waals surface area contributed by atoms with Crippen molar-refractivity contribution in [2.75, 3.05) is 6.54 Å². The van der Waals surface area contributed by atoms with Gasteiger partial charge in [0.1, 0.15) is 17.7 Å². The summed E-state index contributed by atoms with van der Waals surface area (Å²) in [6.45, 7) is 5.79. The van der Waals surface area contributed by atoms with Crippen LogP contribution < -0.4 is 5.32 Å². The lowest BCUT2D eigenvalue weighted by Gasteiger charge is -2.29. The van der Waals surface area contributed by atoms with Crippen molar-refractivity contribution in [2.45, 2.75) is 77.0 Å². The molecule has 0 radical (unpaired) electrons. The summed E-state index contributed by atoms with van der Waals surface area (Å²) in [5.41, 5.74) is -0.647. The Morgan fingerprint density at radius 1 is 1.19 bits per heavy atom. The van der Waals surface area contributed by atoms with Crippen LogP contribution in [0.1, 0.15) is 59.3 Å². The van der Waals surface area contributed by atoms with Crippen LogP contribution in [-0.2, 0) is 14.3 Å². The molecule has 0 bridgehead atoms. The number of nitrogens with one attached hydrogen (secondary N) is 1. The maximum absolute atomic E-state index is 13.1. The lowest BCUT2D eigenvalue weighted by molar-refractivity contribution is -0.150. The van der Waals surface area contributed by atoms with Gasteiger partial charge in [-0.15, -0.1) is 0 Å². The van der Waals surface area contributed by atoms with Crippen LogP contribution in [0.15, 0.2) is 0 Å². The predicted octanol–water partition coefficient (Wildman–Crippen LogP) is 2.39. The maximum atomic E-state index is 13.1. The van der Waals surface area contributed by atoms with Gasteiger partial charge >= 0.3 is 12.1 Å². The van der Waals surface area contributed by atoms with E-state index in [-0.39, 0.29) is 17.7 Å². The van der Waals surface area contributed by atoms with Gasteiger partial charge in [0.2, 0.25) is 5.91 Å². The molecule has 7 heteroatoms. The molecule has 0 aromatic heterocycles. The van der Waals surface area contributed by atoms with Crippen LogP contribution in [0, 0.1) is 17.8 Å². The molecule has 0 aromatic carbocycles. The first kappa shape index (κ1) is 19.0. The van der Waals surface area contributed by atoms with E-state index in [1.807, 2.05) is 0 Å². The van der Waals surface area contributed by atoms with Gasteiger partial charge in [0.15, 0.2) is 0 Å². The fraction of sp³-hybridized carbons (Fsp3) is 0.842. The molecule has 1 heterocycles. The summed E-state index contributed by atoms with van der Waals surface area (Å²) in [6, 6.07) is -1.48. The van der Waals surface area contributed by atoms with Crippen molar-refractivity contribution < 1.29 is 24.2 Å². The van der Waals surface area contributed by atoms with Gasteiger partial charge in [-0.2, -0.15) is 0 Å². The quantitative estimate of drug-likeness (QED) is 0.779. The first-order valence-corrected chi connectivity index (χ1v) is 9.68. The van der Waals surface area contributed by atoms with Gasteiger partial charge in [-0.1, -0.05) is 19.3 Å². The molecule has 2 amide bonds. The molecule has 7 nitrogen and oxygen atoms in total.